The summed E-state index contributed by atoms with van der Waals surface area (Å²) in [5.74, 6) is 0.893. The zero-order chi connectivity index (χ0) is 10.8. The minimum atomic E-state index is -0.277. The molecular formula is C11H18N2O. The van der Waals surface area contributed by atoms with Crippen molar-refractivity contribution in [1.29, 1.82) is 0 Å². The molecule has 14 heavy (non-hydrogen) atoms. The van der Waals surface area contributed by atoms with E-state index in [1.54, 1.807) is 0 Å². The van der Waals surface area contributed by atoms with Gasteiger partial charge in [-0.25, -0.2) is 4.98 Å². The summed E-state index contributed by atoms with van der Waals surface area (Å²) in [6.45, 7) is 6.04. The van der Waals surface area contributed by atoms with E-state index in [0.29, 0.717) is 0 Å². The minimum Gasteiger partial charge on any atom is -0.394 e. The molecule has 0 unspecified atom stereocenters. The van der Waals surface area contributed by atoms with Crippen LogP contribution in [0.25, 0.3) is 0 Å². The van der Waals surface area contributed by atoms with Gasteiger partial charge in [0.1, 0.15) is 5.82 Å². The van der Waals surface area contributed by atoms with E-state index in [1.165, 1.54) is 0 Å². The Labute approximate surface area is 85.4 Å². The molecule has 1 N–H and O–H groups in total. The van der Waals surface area contributed by atoms with Gasteiger partial charge in [-0.2, -0.15) is 0 Å². The third kappa shape index (κ3) is 2.23. The van der Waals surface area contributed by atoms with E-state index < -0.39 is 0 Å². The van der Waals surface area contributed by atoms with Gasteiger partial charge in [0.15, 0.2) is 0 Å². The number of nitrogens with zero attached hydrogens (tertiary/aromatic N) is 2. The maximum absolute atomic E-state index is 9.23. The SMILES string of the molecule is Cc1cccc(N(C)C(C)(C)CO)n1. The Hall–Kier alpha value is -1.09. The number of hydrogen-bond acceptors (Lipinski definition) is 3. The Bertz CT molecular complexity index is 310. The first kappa shape index (κ1) is 11.0. The molecule has 0 fully saturated rings. The first-order valence-corrected chi connectivity index (χ1v) is 4.76. The second-order valence-corrected chi connectivity index (χ2v) is 4.17. The van der Waals surface area contributed by atoms with Crippen LogP contribution in [0.5, 0.6) is 0 Å². The molecule has 0 aliphatic heterocycles. The van der Waals surface area contributed by atoms with E-state index in [0.717, 1.165) is 11.5 Å². The summed E-state index contributed by atoms with van der Waals surface area (Å²) in [4.78, 5) is 6.39. The molecule has 1 aromatic heterocycles. The average molecular weight is 194 g/mol. The molecule has 0 aromatic carbocycles. The topological polar surface area (TPSA) is 36.4 Å². The van der Waals surface area contributed by atoms with Gasteiger partial charge in [-0.05, 0) is 32.9 Å². The third-order valence-corrected chi connectivity index (χ3v) is 2.51. The number of aromatic nitrogens is 1. The second kappa shape index (κ2) is 3.96. The Morgan fingerprint density at radius 3 is 2.57 bits per heavy atom. The van der Waals surface area contributed by atoms with Crippen LogP contribution in [0.3, 0.4) is 0 Å². The summed E-state index contributed by atoms with van der Waals surface area (Å²) in [7, 11) is 1.94. The van der Waals surface area contributed by atoms with E-state index in [1.807, 2.05) is 50.9 Å². The van der Waals surface area contributed by atoms with Crippen molar-refractivity contribution in [2.75, 3.05) is 18.6 Å². The number of likely N-dealkylation sites (N-methyl/N-ethyl adjacent to an activating group) is 1. The minimum absolute atomic E-state index is 0.110. The molecule has 78 valence electrons. The highest BCUT2D eigenvalue weighted by Crippen LogP contribution is 2.19. The first-order chi connectivity index (χ1) is 6.47. The van der Waals surface area contributed by atoms with Crippen molar-refractivity contribution >= 4 is 5.82 Å². The predicted molar refractivity (Wildman–Crippen MR) is 58.5 cm³/mol. The quantitative estimate of drug-likeness (QED) is 0.794. The smallest absolute Gasteiger partial charge is 0.129 e. The number of anilines is 1. The molecular weight excluding hydrogens is 176 g/mol. The van der Waals surface area contributed by atoms with Gasteiger partial charge in [0.2, 0.25) is 0 Å². The van der Waals surface area contributed by atoms with E-state index in [9.17, 15) is 5.11 Å². The Morgan fingerprint density at radius 2 is 2.07 bits per heavy atom. The third-order valence-electron chi connectivity index (χ3n) is 2.51. The molecule has 1 aromatic rings. The normalized spacial score (nSPS) is 11.5. The van der Waals surface area contributed by atoms with Crippen molar-refractivity contribution in [2.45, 2.75) is 26.3 Å². The van der Waals surface area contributed by atoms with Crippen LogP contribution >= 0.6 is 0 Å². The highest BCUT2D eigenvalue weighted by Gasteiger charge is 2.23. The molecule has 1 heterocycles. The van der Waals surface area contributed by atoms with Crippen LogP contribution in [0.15, 0.2) is 18.2 Å². The maximum Gasteiger partial charge on any atom is 0.129 e. The van der Waals surface area contributed by atoms with E-state index >= 15 is 0 Å². The summed E-state index contributed by atoms with van der Waals surface area (Å²) >= 11 is 0. The lowest BCUT2D eigenvalue weighted by atomic mass is 10.1. The molecule has 1 rings (SSSR count). The largest absolute Gasteiger partial charge is 0.394 e. The Balaban J connectivity index is 2.94. The molecule has 0 aliphatic carbocycles. The number of aliphatic hydroxyl groups is 1. The fourth-order valence-corrected chi connectivity index (χ4v) is 1.13. The van der Waals surface area contributed by atoms with E-state index in [4.69, 9.17) is 0 Å². The summed E-state index contributed by atoms with van der Waals surface area (Å²) in [6.07, 6.45) is 0. The van der Waals surface area contributed by atoms with Gasteiger partial charge in [0.25, 0.3) is 0 Å². The Morgan fingerprint density at radius 1 is 1.43 bits per heavy atom. The van der Waals surface area contributed by atoms with Crippen molar-refractivity contribution < 1.29 is 5.11 Å². The monoisotopic (exact) mass is 194 g/mol. The fraction of sp³-hybridized carbons (Fsp3) is 0.545. The van der Waals surface area contributed by atoms with Gasteiger partial charge < -0.3 is 10.0 Å². The van der Waals surface area contributed by atoms with Crippen molar-refractivity contribution in [2.24, 2.45) is 0 Å². The van der Waals surface area contributed by atoms with Crippen LogP contribution in [0.1, 0.15) is 19.5 Å². The maximum atomic E-state index is 9.23. The summed E-state index contributed by atoms with van der Waals surface area (Å²) in [6, 6.07) is 5.88. The number of pyridine rings is 1. The molecule has 0 saturated carbocycles. The van der Waals surface area contributed by atoms with Crippen LogP contribution in [-0.4, -0.2) is 29.3 Å². The van der Waals surface area contributed by atoms with E-state index in [2.05, 4.69) is 4.98 Å². The molecule has 0 bridgehead atoms. The van der Waals surface area contributed by atoms with Crippen LogP contribution in [0.4, 0.5) is 5.82 Å². The van der Waals surface area contributed by atoms with Gasteiger partial charge in [-0.15, -0.1) is 0 Å². The molecule has 0 aliphatic rings. The summed E-state index contributed by atoms with van der Waals surface area (Å²) < 4.78 is 0. The van der Waals surface area contributed by atoms with Gasteiger partial charge in [-0.3, -0.25) is 0 Å². The number of hydrogen-bond donors (Lipinski definition) is 1. The second-order valence-electron chi connectivity index (χ2n) is 4.17. The van der Waals surface area contributed by atoms with Gasteiger partial charge in [0.05, 0.1) is 12.1 Å². The molecule has 0 amide bonds. The molecule has 0 atom stereocenters. The number of aliphatic hydroxyl groups excluding tert-OH is 1. The molecule has 3 heteroatoms. The Kier molecular flexibility index (Phi) is 3.11. The van der Waals surface area contributed by atoms with Gasteiger partial charge in [-0.1, -0.05) is 6.07 Å². The highest BCUT2D eigenvalue weighted by molar-refractivity contribution is 5.41. The van der Waals surface area contributed by atoms with Crippen LogP contribution in [0, 0.1) is 6.92 Å². The van der Waals surface area contributed by atoms with Crippen LogP contribution in [0.2, 0.25) is 0 Å². The average Bonchev–Trinajstić information content (AvgIpc) is 2.16. The number of aryl methyl sites for hydroxylation is 1. The van der Waals surface area contributed by atoms with Crippen molar-refractivity contribution in [3.8, 4) is 0 Å². The predicted octanol–water partition coefficient (Wildman–Crippen LogP) is 1.60. The lowest BCUT2D eigenvalue weighted by Crippen LogP contribution is -2.44. The summed E-state index contributed by atoms with van der Waals surface area (Å²) in [5.41, 5.74) is 0.712. The lowest BCUT2D eigenvalue weighted by Gasteiger charge is -2.34. The number of rotatable bonds is 3. The van der Waals surface area contributed by atoms with Gasteiger partial charge >= 0.3 is 0 Å². The lowest BCUT2D eigenvalue weighted by molar-refractivity contribution is 0.215. The first-order valence-electron chi connectivity index (χ1n) is 4.76. The molecule has 0 spiro atoms. The zero-order valence-corrected chi connectivity index (χ0v) is 9.28. The fourth-order valence-electron chi connectivity index (χ4n) is 1.13. The van der Waals surface area contributed by atoms with Crippen LogP contribution in [-0.2, 0) is 0 Å². The standard InChI is InChI=1S/C11H18N2O/c1-9-6-5-7-10(12-9)13(4)11(2,3)8-14/h5-7,14H,8H2,1-4H3. The van der Waals surface area contributed by atoms with Crippen molar-refractivity contribution in [3.05, 3.63) is 23.9 Å². The summed E-state index contributed by atoms with van der Waals surface area (Å²) in [5, 5.41) is 9.23. The van der Waals surface area contributed by atoms with Crippen LogP contribution < -0.4 is 4.90 Å². The molecule has 0 radical (unpaired) electrons. The van der Waals surface area contributed by atoms with E-state index in [-0.39, 0.29) is 12.1 Å². The molecule has 0 saturated heterocycles. The zero-order valence-electron chi connectivity index (χ0n) is 9.28. The van der Waals surface area contributed by atoms with Crippen molar-refractivity contribution in [1.82, 2.24) is 4.98 Å². The molecule has 3 nitrogen and oxygen atoms in total. The van der Waals surface area contributed by atoms with Crippen molar-refractivity contribution in [3.63, 3.8) is 0 Å². The highest BCUT2D eigenvalue weighted by atomic mass is 16.3. The van der Waals surface area contributed by atoms with Gasteiger partial charge in [0, 0.05) is 12.7 Å².